The molecule has 2 rings (SSSR count). The Morgan fingerprint density at radius 3 is 2.27 bits per heavy atom. The van der Waals surface area contributed by atoms with Crippen molar-refractivity contribution in [2.45, 2.75) is 46.6 Å². The van der Waals surface area contributed by atoms with Gasteiger partial charge in [0.05, 0.1) is 0 Å². The number of anilines is 1. The maximum absolute atomic E-state index is 9.19. The average molecular weight is 297 g/mol. The van der Waals surface area contributed by atoms with Crippen molar-refractivity contribution in [3.05, 3.63) is 53.1 Å². The highest BCUT2D eigenvalue weighted by Crippen LogP contribution is 2.29. The van der Waals surface area contributed by atoms with Gasteiger partial charge in [0.25, 0.3) is 0 Å². The highest BCUT2D eigenvalue weighted by molar-refractivity contribution is 5.72. The van der Waals surface area contributed by atoms with Gasteiger partial charge in [0.2, 0.25) is 0 Å². The first kappa shape index (κ1) is 16.6. The molecule has 0 radical (unpaired) electrons. The lowest BCUT2D eigenvalue weighted by Gasteiger charge is -2.21. The van der Waals surface area contributed by atoms with Gasteiger partial charge in [-0.3, -0.25) is 0 Å². The van der Waals surface area contributed by atoms with E-state index in [1.807, 2.05) is 0 Å². The lowest BCUT2D eigenvalue weighted by molar-refractivity contribution is 0.278. The molecule has 0 amide bonds. The van der Waals surface area contributed by atoms with Crippen LogP contribution in [0.5, 0.6) is 0 Å². The molecule has 0 aliphatic heterocycles. The monoisotopic (exact) mass is 297 g/mol. The van der Waals surface area contributed by atoms with Gasteiger partial charge in [-0.05, 0) is 61.9 Å². The van der Waals surface area contributed by atoms with Crippen LogP contribution in [0.15, 0.2) is 36.4 Å². The summed E-state index contributed by atoms with van der Waals surface area (Å²) in [7, 11) is 0. The van der Waals surface area contributed by atoms with Crippen LogP contribution in [0.4, 0.5) is 5.69 Å². The Bertz CT molecular complexity index is 616. The van der Waals surface area contributed by atoms with Gasteiger partial charge in [-0.1, -0.05) is 42.8 Å². The van der Waals surface area contributed by atoms with Gasteiger partial charge >= 0.3 is 0 Å². The summed E-state index contributed by atoms with van der Waals surface area (Å²) in [5.74, 6) is 0. The molecule has 0 aromatic heterocycles. The van der Waals surface area contributed by atoms with Gasteiger partial charge in [-0.25, -0.2) is 0 Å². The van der Waals surface area contributed by atoms with Crippen LogP contribution in [0.1, 0.15) is 36.5 Å². The summed E-state index contributed by atoms with van der Waals surface area (Å²) in [6.45, 7) is 8.80. The fourth-order valence-electron chi connectivity index (χ4n) is 2.68. The number of benzene rings is 2. The van der Waals surface area contributed by atoms with Gasteiger partial charge in [0, 0.05) is 18.3 Å². The highest BCUT2D eigenvalue weighted by Gasteiger charge is 2.10. The molecule has 0 aliphatic rings. The first-order valence-electron chi connectivity index (χ1n) is 8.10. The van der Waals surface area contributed by atoms with E-state index in [0.717, 1.165) is 12.8 Å². The van der Waals surface area contributed by atoms with E-state index < -0.39 is 0 Å². The lowest BCUT2D eigenvalue weighted by Crippen LogP contribution is -2.20. The summed E-state index contributed by atoms with van der Waals surface area (Å²) < 4.78 is 0. The predicted molar refractivity (Wildman–Crippen MR) is 95.5 cm³/mol. The van der Waals surface area contributed by atoms with Crippen LogP contribution in [0, 0.1) is 20.8 Å². The topological polar surface area (TPSA) is 32.3 Å². The van der Waals surface area contributed by atoms with E-state index in [-0.39, 0.29) is 6.61 Å². The zero-order chi connectivity index (χ0) is 16.1. The summed E-state index contributed by atoms with van der Waals surface area (Å²) in [6.07, 6.45) is 1.79. The van der Waals surface area contributed by atoms with Gasteiger partial charge in [0.15, 0.2) is 0 Å². The van der Waals surface area contributed by atoms with Gasteiger partial charge in [-0.15, -0.1) is 0 Å². The average Bonchev–Trinajstić information content (AvgIpc) is 2.51. The number of hydrogen-bond donors (Lipinski definition) is 2. The van der Waals surface area contributed by atoms with Crippen molar-refractivity contribution in [1.82, 2.24) is 0 Å². The molecule has 2 N–H and O–H groups in total. The first-order valence-corrected chi connectivity index (χ1v) is 8.10. The second kappa shape index (κ2) is 7.46. The molecule has 2 heteroatoms. The molecule has 0 fully saturated rings. The molecule has 0 aliphatic carbocycles. The number of hydrogen-bond acceptors (Lipinski definition) is 2. The van der Waals surface area contributed by atoms with Crippen molar-refractivity contribution >= 4 is 5.69 Å². The summed E-state index contributed by atoms with van der Waals surface area (Å²) in [4.78, 5) is 0. The van der Waals surface area contributed by atoms with E-state index in [9.17, 15) is 5.11 Å². The Hall–Kier alpha value is -1.80. The summed E-state index contributed by atoms with van der Waals surface area (Å²) >= 11 is 0. The van der Waals surface area contributed by atoms with Gasteiger partial charge in [-0.2, -0.15) is 0 Å². The minimum Gasteiger partial charge on any atom is -0.396 e. The third-order valence-corrected chi connectivity index (χ3v) is 4.38. The molecular formula is C20H27NO. The quantitative estimate of drug-likeness (QED) is 0.798. The largest absolute Gasteiger partial charge is 0.396 e. The fourth-order valence-corrected chi connectivity index (χ4v) is 2.68. The Balaban J connectivity index is 2.36. The normalized spacial score (nSPS) is 12.2. The van der Waals surface area contributed by atoms with E-state index in [1.165, 1.54) is 33.5 Å². The second-order valence-electron chi connectivity index (χ2n) is 6.09. The molecular weight excluding hydrogens is 270 g/mol. The van der Waals surface area contributed by atoms with Crippen LogP contribution >= 0.6 is 0 Å². The van der Waals surface area contributed by atoms with Crippen LogP contribution < -0.4 is 5.32 Å². The molecule has 0 saturated heterocycles. The molecule has 2 nitrogen and oxygen atoms in total. The van der Waals surface area contributed by atoms with Crippen LogP contribution in [-0.4, -0.2) is 17.8 Å². The number of nitrogens with one attached hydrogen (secondary N) is 1. The van der Waals surface area contributed by atoms with Gasteiger partial charge < -0.3 is 10.4 Å². The van der Waals surface area contributed by atoms with E-state index in [4.69, 9.17) is 0 Å². The van der Waals surface area contributed by atoms with E-state index >= 15 is 0 Å². The SMILES string of the molecule is CCC(CCO)Nc1cc(-c2ccc(C)cc2)cc(C)c1C. The minimum atomic E-state index is 0.223. The van der Waals surface area contributed by atoms with Crippen LogP contribution in [0.25, 0.3) is 11.1 Å². The lowest BCUT2D eigenvalue weighted by atomic mass is 9.97. The van der Waals surface area contributed by atoms with Crippen molar-refractivity contribution in [2.75, 3.05) is 11.9 Å². The number of aliphatic hydroxyl groups excluding tert-OH is 1. The standard InChI is InChI=1S/C20H27NO/c1-5-19(10-11-22)21-20-13-18(12-15(3)16(20)4)17-8-6-14(2)7-9-17/h6-9,12-13,19,21-22H,5,10-11H2,1-4H3. The highest BCUT2D eigenvalue weighted by atomic mass is 16.3. The van der Waals surface area contributed by atoms with Crippen molar-refractivity contribution in [3.8, 4) is 11.1 Å². The third kappa shape index (κ3) is 3.89. The minimum absolute atomic E-state index is 0.223. The summed E-state index contributed by atoms with van der Waals surface area (Å²) in [6, 6.07) is 13.4. The third-order valence-electron chi connectivity index (χ3n) is 4.38. The maximum atomic E-state index is 9.19. The molecule has 0 bridgehead atoms. The maximum Gasteiger partial charge on any atom is 0.0450 e. The molecule has 0 heterocycles. The Morgan fingerprint density at radius 2 is 1.68 bits per heavy atom. The second-order valence-corrected chi connectivity index (χ2v) is 6.09. The Labute approximate surface area is 134 Å². The molecule has 0 spiro atoms. The first-order chi connectivity index (χ1) is 10.5. The number of rotatable bonds is 6. The molecule has 2 aromatic carbocycles. The predicted octanol–water partition coefficient (Wildman–Crippen LogP) is 4.85. The van der Waals surface area contributed by atoms with Gasteiger partial charge in [0.1, 0.15) is 0 Å². The van der Waals surface area contributed by atoms with Crippen LogP contribution in [-0.2, 0) is 0 Å². The zero-order valence-corrected chi connectivity index (χ0v) is 14.1. The van der Waals surface area contributed by atoms with Crippen LogP contribution in [0.3, 0.4) is 0 Å². The number of aryl methyl sites for hydroxylation is 2. The van der Waals surface area contributed by atoms with Crippen molar-refractivity contribution in [2.24, 2.45) is 0 Å². The molecule has 1 unspecified atom stereocenters. The summed E-state index contributed by atoms with van der Waals surface area (Å²) in [5, 5.41) is 12.8. The summed E-state index contributed by atoms with van der Waals surface area (Å²) in [5.41, 5.74) is 7.51. The Morgan fingerprint density at radius 1 is 1.00 bits per heavy atom. The molecule has 2 aromatic rings. The molecule has 0 saturated carbocycles. The van der Waals surface area contributed by atoms with Crippen molar-refractivity contribution in [1.29, 1.82) is 0 Å². The van der Waals surface area contributed by atoms with E-state index in [0.29, 0.717) is 6.04 Å². The smallest absolute Gasteiger partial charge is 0.0450 e. The molecule has 118 valence electrons. The van der Waals surface area contributed by atoms with Crippen molar-refractivity contribution in [3.63, 3.8) is 0 Å². The number of aliphatic hydroxyl groups is 1. The Kier molecular flexibility index (Phi) is 5.62. The zero-order valence-electron chi connectivity index (χ0n) is 14.1. The van der Waals surface area contributed by atoms with E-state index in [2.05, 4.69) is 69.4 Å². The molecule has 1 atom stereocenters. The molecule has 22 heavy (non-hydrogen) atoms. The van der Waals surface area contributed by atoms with Crippen molar-refractivity contribution < 1.29 is 5.11 Å². The fraction of sp³-hybridized carbons (Fsp3) is 0.400. The van der Waals surface area contributed by atoms with E-state index in [1.54, 1.807) is 0 Å². The van der Waals surface area contributed by atoms with Crippen LogP contribution in [0.2, 0.25) is 0 Å².